The molecule has 1 aromatic carbocycles. The summed E-state index contributed by atoms with van der Waals surface area (Å²) in [5, 5.41) is 3.07. The molecule has 1 aliphatic rings. The van der Waals surface area contributed by atoms with Crippen LogP contribution in [0.15, 0.2) is 18.2 Å². The topological polar surface area (TPSA) is 55.1 Å². The highest BCUT2D eigenvalue weighted by atomic mass is 127. The Labute approximate surface area is 132 Å². The molecule has 1 saturated carbocycles. The number of thiocarbonyl (C=S) groups is 1. The van der Waals surface area contributed by atoms with Crippen molar-refractivity contribution >= 4 is 45.7 Å². The summed E-state index contributed by atoms with van der Waals surface area (Å²) in [6, 6.07) is 5.73. The van der Waals surface area contributed by atoms with Crippen molar-refractivity contribution in [2.24, 2.45) is 5.73 Å². The summed E-state index contributed by atoms with van der Waals surface area (Å²) >= 11 is 7.36. The van der Waals surface area contributed by atoms with Crippen LogP contribution in [-0.4, -0.2) is 16.4 Å². The van der Waals surface area contributed by atoms with Crippen molar-refractivity contribution in [3.8, 4) is 0 Å². The molecule has 0 heterocycles. The predicted molar refractivity (Wildman–Crippen MR) is 89.3 cm³/mol. The SMILES string of the molecule is Cc1cccc(C(=O)NC2(C(N)=S)CCCC2)c1I. The summed E-state index contributed by atoms with van der Waals surface area (Å²) < 4.78 is 0.980. The first-order valence-electron chi connectivity index (χ1n) is 6.34. The smallest absolute Gasteiger partial charge is 0.253 e. The average Bonchev–Trinajstić information content (AvgIpc) is 2.82. The van der Waals surface area contributed by atoms with Crippen molar-refractivity contribution in [2.75, 3.05) is 0 Å². The molecule has 0 spiro atoms. The van der Waals surface area contributed by atoms with Crippen molar-refractivity contribution in [2.45, 2.75) is 38.1 Å². The number of hydrogen-bond acceptors (Lipinski definition) is 2. The van der Waals surface area contributed by atoms with Crippen LogP contribution in [-0.2, 0) is 0 Å². The summed E-state index contributed by atoms with van der Waals surface area (Å²) in [7, 11) is 0. The van der Waals surface area contributed by atoms with Gasteiger partial charge in [0.25, 0.3) is 5.91 Å². The van der Waals surface area contributed by atoms with Gasteiger partial charge in [0, 0.05) is 3.57 Å². The number of halogens is 1. The summed E-state index contributed by atoms with van der Waals surface area (Å²) in [6.07, 6.45) is 3.80. The Hall–Kier alpha value is -0.690. The van der Waals surface area contributed by atoms with Gasteiger partial charge in [-0.2, -0.15) is 0 Å². The molecule has 0 radical (unpaired) electrons. The Kier molecular flexibility index (Phi) is 4.45. The van der Waals surface area contributed by atoms with Crippen LogP contribution < -0.4 is 11.1 Å². The van der Waals surface area contributed by atoms with Gasteiger partial charge >= 0.3 is 0 Å². The molecule has 3 nitrogen and oxygen atoms in total. The summed E-state index contributed by atoms with van der Waals surface area (Å²) in [5.74, 6) is -0.0807. The van der Waals surface area contributed by atoms with E-state index in [1.165, 1.54) is 0 Å². The molecule has 3 N–H and O–H groups in total. The van der Waals surface area contributed by atoms with Crippen molar-refractivity contribution in [1.82, 2.24) is 5.32 Å². The van der Waals surface area contributed by atoms with Crippen molar-refractivity contribution < 1.29 is 4.79 Å². The van der Waals surface area contributed by atoms with E-state index >= 15 is 0 Å². The number of amides is 1. The maximum absolute atomic E-state index is 12.5. The van der Waals surface area contributed by atoms with E-state index in [1.54, 1.807) is 0 Å². The highest BCUT2D eigenvalue weighted by molar-refractivity contribution is 14.1. The van der Waals surface area contributed by atoms with E-state index in [2.05, 4.69) is 27.9 Å². The molecule has 0 atom stereocenters. The molecule has 1 amide bonds. The molecule has 0 unspecified atom stereocenters. The molecule has 0 bridgehead atoms. The first-order chi connectivity index (χ1) is 8.96. The molecule has 1 fully saturated rings. The van der Waals surface area contributed by atoms with Crippen molar-refractivity contribution in [1.29, 1.82) is 0 Å². The standard InChI is InChI=1S/C14H17IN2OS/c1-9-5-4-6-10(11(9)15)12(18)17-14(13(16)19)7-2-3-8-14/h4-6H,2-3,7-8H2,1H3,(H2,16,19)(H,17,18). The Morgan fingerprint density at radius 2 is 2.05 bits per heavy atom. The fourth-order valence-corrected chi connectivity index (χ4v) is 3.38. The van der Waals surface area contributed by atoms with Gasteiger partial charge in [0.15, 0.2) is 0 Å². The number of rotatable bonds is 3. The van der Waals surface area contributed by atoms with Gasteiger partial charge in [-0.1, -0.05) is 37.2 Å². The Morgan fingerprint density at radius 3 is 2.63 bits per heavy atom. The van der Waals surface area contributed by atoms with Gasteiger partial charge < -0.3 is 11.1 Å². The van der Waals surface area contributed by atoms with E-state index in [4.69, 9.17) is 18.0 Å². The van der Waals surface area contributed by atoms with Gasteiger partial charge in [-0.25, -0.2) is 0 Å². The fourth-order valence-electron chi connectivity index (χ4n) is 2.52. The molecule has 2 rings (SSSR count). The van der Waals surface area contributed by atoms with Gasteiger partial charge in [0.1, 0.15) is 0 Å². The minimum atomic E-state index is -0.487. The van der Waals surface area contributed by atoms with Gasteiger partial charge in [0.05, 0.1) is 16.1 Å². The van der Waals surface area contributed by atoms with Gasteiger partial charge in [-0.05, 0) is 54.0 Å². The molecular formula is C14H17IN2OS. The van der Waals surface area contributed by atoms with E-state index in [0.717, 1.165) is 34.8 Å². The molecule has 1 aromatic rings. The van der Waals surface area contributed by atoms with Crippen LogP contribution in [0.3, 0.4) is 0 Å². The molecule has 0 aliphatic heterocycles. The van der Waals surface area contributed by atoms with Gasteiger partial charge in [-0.15, -0.1) is 0 Å². The average molecular weight is 388 g/mol. The van der Waals surface area contributed by atoms with E-state index < -0.39 is 5.54 Å². The third-order valence-electron chi connectivity index (χ3n) is 3.72. The van der Waals surface area contributed by atoms with E-state index in [1.807, 2.05) is 25.1 Å². The summed E-state index contributed by atoms with van der Waals surface area (Å²) in [6.45, 7) is 2.00. The molecular weight excluding hydrogens is 371 g/mol. The number of carbonyl (C=O) groups is 1. The first-order valence-corrected chi connectivity index (χ1v) is 7.82. The van der Waals surface area contributed by atoms with Gasteiger partial charge in [0.2, 0.25) is 0 Å². The lowest BCUT2D eigenvalue weighted by atomic mass is 9.96. The van der Waals surface area contributed by atoms with E-state index in [9.17, 15) is 4.79 Å². The third kappa shape index (κ3) is 2.91. The maximum atomic E-state index is 12.5. The van der Waals surface area contributed by atoms with Crippen LogP contribution in [0.2, 0.25) is 0 Å². The number of carbonyl (C=O) groups excluding carboxylic acids is 1. The number of hydrogen-bond donors (Lipinski definition) is 2. The Balaban J connectivity index is 2.25. The van der Waals surface area contributed by atoms with Crippen LogP contribution in [0.25, 0.3) is 0 Å². The summed E-state index contributed by atoms with van der Waals surface area (Å²) in [4.78, 5) is 12.9. The number of benzene rings is 1. The zero-order valence-electron chi connectivity index (χ0n) is 10.8. The lowest BCUT2D eigenvalue weighted by Crippen LogP contribution is -2.54. The zero-order valence-corrected chi connectivity index (χ0v) is 13.8. The van der Waals surface area contributed by atoms with Crippen molar-refractivity contribution in [3.05, 3.63) is 32.9 Å². The highest BCUT2D eigenvalue weighted by Gasteiger charge is 2.38. The minimum absolute atomic E-state index is 0.0807. The maximum Gasteiger partial charge on any atom is 0.253 e. The lowest BCUT2D eigenvalue weighted by Gasteiger charge is -2.29. The second-order valence-corrected chi connectivity index (χ2v) is 6.56. The quantitative estimate of drug-likeness (QED) is 0.619. The molecule has 5 heteroatoms. The van der Waals surface area contributed by atoms with Crippen LogP contribution in [0.5, 0.6) is 0 Å². The molecule has 0 saturated heterocycles. The lowest BCUT2D eigenvalue weighted by molar-refractivity contribution is 0.0923. The number of nitrogens with two attached hydrogens (primary N) is 1. The Bertz CT molecular complexity index is 524. The fraction of sp³-hybridized carbons (Fsp3) is 0.429. The number of nitrogens with one attached hydrogen (secondary N) is 1. The molecule has 0 aromatic heterocycles. The third-order valence-corrected chi connectivity index (χ3v) is 5.54. The Morgan fingerprint density at radius 1 is 1.42 bits per heavy atom. The second kappa shape index (κ2) is 5.75. The largest absolute Gasteiger partial charge is 0.391 e. The zero-order chi connectivity index (χ0) is 14.0. The first kappa shape index (κ1) is 14.7. The monoisotopic (exact) mass is 388 g/mol. The van der Waals surface area contributed by atoms with Crippen molar-refractivity contribution in [3.63, 3.8) is 0 Å². The molecule has 102 valence electrons. The highest BCUT2D eigenvalue weighted by Crippen LogP contribution is 2.30. The number of aryl methyl sites for hydroxylation is 1. The van der Waals surface area contributed by atoms with E-state index in [0.29, 0.717) is 10.6 Å². The molecule has 1 aliphatic carbocycles. The normalized spacial score (nSPS) is 17.2. The predicted octanol–water partition coefficient (Wildman–Crippen LogP) is 2.93. The second-order valence-electron chi connectivity index (χ2n) is 5.04. The van der Waals surface area contributed by atoms with E-state index in [-0.39, 0.29) is 5.91 Å². The van der Waals surface area contributed by atoms with Crippen LogP contribution in [0.4, 0.5) is 0 Å². The minimum Gasteiger partial charge on any atom is -0.391 e. The van der Waals surface area contributed by atoms with Crippen LogP contribution in [0, 0.1) is 10.5 Å². The summed E-state index contributed by atoms with van der Waals surface area (Å²) in [5.41, 5.74) is 7.15. The van der Waals surface area contributed by atoms with Gasteiger partial charge in [-0.3, -0.25) is 4.79 Å². The molecule has 19 heavy (non-hydrogen) atoms. The van der Waals surface area contributed by atoms with Crippen LogP contribution in [0.1, 0.15) is 41.6 Å². The van der Waals surface area contributed by atoms with Crippen LogP contribution >= 0.6 is 34.8 Å².